The molecule has 2 aliphatic heterocycles. The summed E-state index contributed by atoms with van der Waals surface area (Å²) in [5.41, 5.74) is 2.36. The third-order valence-corrected chi connectivity index (χ3v) is 9.19. The lowest BCUT2D eigenvalue weighted by atomic mass is 10.0. The zero-order valence-electron chi connectivity index (χ0n) is 27.7. The van der Waals surface area contributed by atoms with Gasteiger partial charge >= 0.3 is 6.09 Å². The summed E-state index contributed by atoms with van der Waals surface area (Å²) >= 11 is 0. The fourth-order valence-corrected chi connectivity index (χ4v) is 6.72. The SMILES string of the molecule is C=C(OCC)c1c(C)c2cnc(Nc3ccc(N4CC(N5CCN(C(=O)OC(C)(C)C)CC5)C4)cn3)nc2n(C2CCCC2)c1=O. The van der Waals surface area contributed by atoms with Crippen LogP contribution in [-0.4, -0.2) is 92.9 Å². The molecule has 0 atom stereocenters. The molecule has 0 radical (unpaired) electrons. The van der Waals surface area contributed by atoms with Gasteiger partial charge in [0.25, 0.3) is 5.56 Å². The number of aryl methyl sites for hydroxylation is 1. The number of hydrogen-bond donors (Lipinski definition) is 1. The lowest BCUT2D eigenvalue weighted by Gasteiger charge is -2.49. The van der Waals surface area contributed by atoms with Crippen LogP contribution in [0.15, 0.2) is 35.9 Å². The van der Waals surface area contributed by atoms with E-state index in [1.165, 1.54) is 0 Å². The minimum atomic E-state index is -0.479. The number of aromatic nitrogens is 4. The number of nitrogens with zero attached hydrogens (tertiary/aromatic N) is 7. The fourth-order valence-electron chi connectivity index (χ4n) is 6.72. The molecule has 246 valence electrons. The molecule has 2 saturated heterocycles. The van der Waals surface area contributed by atoms with Crippen LogP contribution in [0.1, 0.15) is 70.5 Å². The maximum Gasteiger partial charge on any atom is 0.410 e. The van der Waals surface area contributed by atoms with Gasteiger partial charge in [-0.2, -0.15) is 4.98 Å². The molecule has 3 aromatic rings. The Kier molecular flexibility index (Phi) is 8.91. The average Bonchev–Trinajstić information content (AvgIpc) is 3.51. The number of nitrogens with one attached hydrogen (secondary N) is 1. The van der Waals surface area contributed by atoms with E-state index in [4.69, 9.17) is 14.5 Å². The molecule has 5 heterocycles. The number of hydrogen-bond acceptors (Lipinski definition) is 10. The molecule has 12 nitrogen and oxygen atoms in total. The molecule has 6 rings (SSSR count). The van der Waals surface area contributed by atoms with Gasteiger partial charge in [0, 0.05) is 62.9 Å². The molecule has 0 bridgehead atoms. The predicted molar refractivity (Wildman–Crippen MR) is 180 cm³/mol. The molecule has 0 aromatic carbocycles. The maximum absolute atomic E-state index is 13.8. The highest BCUT2D eigenvalue weighted by Crippen LogP contribution is 2.33. The first-order valence-corrected chi connectivity index (χ1v) is 16.5. The molecule has 1 amide bonds. The zero-order valence-corrected chi connectivity index (χ0v) is 27.7. The third kappa shape index (κ3) is 6.53. The van der Waals surface area contributed by atoms with Crippen molar-refractivity contribution < 1.29 is 14.3 Å². The number of fused-ring (bicyclic) bond motifs is 1. The number of pyridine rings is 2. The molecule has 1 N–H and O–H groups in total. The van der Waals surface area contributed by atoms with Crippen LogP contribution in [0, 0.1) is 6.92 Å². The quantitative estimate of drug-likeness (QED) is 0.337. The molecule has 1 aliphatic carbocycles. The Morgan fingerprint density at radius 1 is 1.04 bits per heavy atom. The van der Waals surface area contributed by atoms with Crippen LogP contribution in [0.3, 0.4) is 0 Å². The van der Waals surface area contributed by atoms with E-state index in [0.717, 1.165) is 68.5 Å². The van der Waals surface area contributed by atoms with E-state index < -0.39 is 5.60 Å². The first kappa shape index (κ1) is 31.8. The zero-order chi connectivity index (χ0) is 32.6. The summed E-state index contributed by atoms with van der Waals surface area (Å²) in [5.74, 6) is 1.41. The van der Waals surface area contributed by atoms with E-state index in [2.05, 4.69) is 37.7 Å². The van der Waals surface area contributed by atoms with Gasteiger partial charge in [-0.15, -0.1) is 0 Å². The molecule has 3 aliphatic rings. The fraction of sp³-hybridized carbons (Fsp3) is 0.559. The van der Waals surface area contributed by atoms with Crippen molar-refractivity contribution in [2.75, 3.05) is 56.1 Å². The normalized spacial score (nSPS) is 18.1. The highest BCUT2D eigenvalue weighted by molar-refractivity contribution is 5.84. The van der Waals surface area contributed by atoms with Crippen LogP contribution in [0.25, 0.3) is 16.8 Å². The largest absolute Gasteiger partial charge is 0.494 e. The average molecular weight is 631 g/mol. The number of piperazine rings is 1. The van der Waals surface area contributed by atoms with E-state index in [9.17, 15) is 9.59 Å². The first-order valence-electron chi connectivity index (χ1n) is 16.5. The number of amides is 1. The van der Waals surface area contributed by atoms with Crippen LogP contribution >= 0.6 is 0 Å². The standard InChI is InChI=1S/C34H46N8O4/c1-7-45-23(3)29-22(2)27-19-36-32(38-30(27)42(31(29)43)24-10-8-9-11-24)37-28-13-12-25(18-35-28)41-20-26(21-41)39-14-16-40(17-15-39)33(44)46-34(4,5)6/h12-13,18-19,24,26H,3,7-11,14-17,20-21H2,1-2,4-6H3,(H,35,36,37,38). The second-order valence-corrected chi connectivity index (χ2v) is 13.5. The molecular formula is C34H46N8O4. The van der Waals surface area contributed by atoms with Crippen LogP contribution in [0.4, 0.5) is 22.2 Å². The van der Waals surface area contributed by atoms with Gasteiger partial charge in [0.1, 0.15) is 22.8 Å². The smallest absolute Gasteiger partial charge is 0.410 e. The minimum Gasteiger partial charge on any atom is -0.494 e. The Hall–Kier alpha value is -4.19. The van der Waals surface area contributed by atoms with Gasteiger partial charge in [-0.05, 0) is 65.2 Å². The summed E-state index contributed by atoms with van der Waals surface area (Å²) in [6.07, 6.45) is 7.46. The highest BCUT2D eigenvalue weighted by atomic mass is 16.6. The topological polar surface area (TPSA) is 118 Å². The summed E-state index contributed by atoms with van der Waals surface area (Å²) in [5, 5.41) is 4.05. The van der Waals surface area contributed by atoms with Crippen molar-refractivity contribution in [1.82, 2.24) is 29.3 Å². The molecule has 1 saturated carbocycles. The van der Waals surface area contributed by atoms with Crippen LogP contribution in [0.2, 0.25) is 0 Å². The van der Waals surface area contributed by atoms with Gasteiger partial charge in [-0.3, -0.25) is 14.3 Å². The van der Waals surface area contributed by atoms with Crippen molar-refractivity contribution in [2.45, 2.75) is 78.0 Å². The van der Waals surface area contributed by atoms with Gasteiger partial charge in [0.05, 0.1) is 24.1 Å². The first-order chi connectivity index (χ1) is 22.0. The lowest BCUT2D eigenvalue weighted by molar-refractivity contribution is 0.00876. The Balaban J connectivity index is 1.11. The van der Waals surface area contributed by atoms with Crippen LogP contribution in [-0.2, 0) is 9.47 Å². The van der Waals surface area contributed by atoms with Crippen molar-refractivity contribution in [3.05, 3.63) is 52.6 Å². The highest BCUT2D eigenvalue weighted by Gasteiger charge is 2.35. The van der Waals surface area contributed by atoms with Crippen LogP contribution < -0.4 is 15.8 Å². The van der Waals surface area contributed by atoms with E-state index in [1.807, 2.05) is 51.4 Å². The summed E-state index contributed by atoms with van der Waals surface area (Å²) in [4.78, 5) is 46.9. The van der Waals surface area contributed by atoms with E-state index >= 15 is 0 Å². The number of carbonyl (C=O) groups excluding carboxylic acids is 1. The predicted octanol–water partition coefficient (Wildman–Crippen LogP) is 5.10. The second kappa shape index (κ2) is 12.9. The van der Waals surface area contributed by atoms with Gasteiger partial charge in [0.2, 0.25) is 5.95 Å². The van der Waals surface area contributed by atoms with Crippen LogP contribution in [0.5, 0.6) is 0 Å². The molecule has 3 fully saturated rings. The van der Waals surface area contributed by atoms with Gasteiger partial charge in [-0.1, -0.05) is 19.4 Å². The Bertz CT molecular complexity index is 1640. The lowest BCUT2D eigenvalue weighted by Crippen LogP contribution is -2.63. The molecule has 12 heteroatoms. The van der Waals surface area contributed by atoms with E-state index in [-0.39, 0.29) is 17.7 Å². The molecule has 0 spiro atoms. The number of rotatable bonds is 8. The van der Waals surface area contributed by atoms with Crippen molar-refractivity contribution in [2.24, 2.45) is 0 Å². The minimum absolute atomic E-state index is 0.0816. The summed E-state index contributed by atoms with van der Waals surface area (Å²) in [6.45, 7) is 18.9. The number of carbonyl (C=O) groups is 1. The van der Waals surface area contributed by atoms with Gasteiger partial charge < -0.3 is 24.6 Å². The van der Waals surface area contributed by atoms with Gasteiger partial charge in [-0.25, -0.2) is 14.8 Å². The monoisotopic (exact) mass is 630 g/mol. The summed E-state index contributed by atoms with van der Waals surface area (Å²) in [6, 6.07) is 4.52. The maximum atomic E-state index is 13.8. The summed E-state index contributed by atoms with van der Waals surface area (Å²) in [7, 11) is 0. The van der Waals surface area contributed by atoms with E-state index in [1.54, 1.807) is 11.1 Å². The van der Waals surface area contributed by atoms with Crippen molar-refractivity contribution in [3.63, 3.8) is 0 Å². The van der Waals surface area contributed by atoms with Crippen molar-refractivity contribution in [1.29, 1.82) is 0 Å². The number of ether oxygens (including phenoxy) is 2. The molecular weight excluding hydrogens is 584 g/mol. The second-order valence-electron chi connectivity index (χ2n) is 13.5. The Morgan fingerprint density at radius 2 is 1.76 bits per heavy atom. The van der Waals surface area contributed by atoms with Crippen molar-refractivity contribution in [3.8, 4) is 0 Å². The van der Waals surface area contributed by atoms with Crippen molar-refractivity contribution >= 4 is 40.3 Å². The molecule has 3 aromatic heterocycles. The Morgan fingerprint density at radius 3 is 2.39 bits per heavy atom. The molecule has 0 unspecified atom stereocenters. The third-order valence-electron chi connectivity index (χ3n) is 9.19. The summed E-state index contributed by atoms with van der Waals surface area (Å²) < 4.78 is 13.0. The van der Waals surface area contributed by atoms with Gasteiger partial charge in [0.15, 0.2) is 0 Å². The Labute approximate surface area is 270 Å². The van der Waals surface area contributed by atoms with E-state index in [0.29, 0.717) is 54.5 Å². The number of anilines is 3. The molecule has 46 heavy (non-hydrogen) atoms.